The molecule has 5 nitrogen and oxygen atoms in total. The summed E-state index contributed by atoms with van der Waals surface area (Å²) in [6, 6.07) is 7.60. The molecule has 1 aromatic carbocycles. The Labute approximate surface area is 103 Å². The highest BCUT2D eigenvalue weighted by atomic mass is 16.1. The van der Waals surface area contributed by atoms with Gasteiger partial charge in [-0.3, -0.25) is 4.79 Å². The van der Waals surface area contributed by atoms with E-state index < -0.39 is 0 Å². The smallest absolute Gasteiger partial charge is 0.253 e. The fraction of sp³-hybridized carbons (Fsp3) is 0.0769. The fourth-order valence-corrected chi connectivity index (χ4v) is 1.93. The highest BCUT2D eigenvalue weighted by molar-refractivity contribution is 6.05. The average Bonchev–Trinajstić information content (AvgIpc) is 3.05. The average molecular weight is 240 g/mol. The molecule has 0 aliphatic heterocycles. The number of nitrogens with zero attached hydrogens (tertiary/aromatic N) is 1. The van der Waals surface area contributed by atoms with E-state index in [1.165, 1.54) is 0 Å². The lowest BCUT2D eigenvalue weighted by Gasteiger charge is -2.04. The van der Waals surface area contributed by atoms with E-state index in [2.05, 4.69) is 20.3 Å². The van der Waals surface area contributed by atoms with Crippen LogP contribution in [0.15, 0.2) is 43.0 Å². The molecule has 18 heavy (non-hydrogen) atoms. The first kappa shape index (κ1) is 10.6. The van der Waals surface area contributed by atoms with E-state index in [0.29, 0.717) is 12.1 Å². The van der Waals surface area contributed by atoms with Crippen molar-refractivity contribution in [1.29, 1.82) is 0 Å². The standard InChI is InChI=1S/C13H12N4O/c18-13(16-7-10-6-14-8-17-10)11-3-1-2-9-4-5-15-12(9)11/h1-6,8,15H,7H2,(H,14,17)(H,16,18). The quantitative estimate of drug-likeness (QED) is 0.653. The Balaban J connectivity index is 1.81. The summed E-state index contributed by atoms with van der Waals surface area (Å²) in [6.07, 6.45) is 5.11. The minimum Gasteiger partial charge on any atom is -0.361 e. The third kappa shape index (κ3) is 1.86. The van der Waals surface area contributed by atoms with Crippen LogP contribution in [0.3, 0.4) is 0 Å². The van der Waals surface area contributed by atoms with E-state index in [-0.39, 0.29) is 5.91 Å². The zero-order valence-corrected chi connectivity index (χ0v) is 9.60. The van der Waals surface area contributed by atoms with Crippen LogP contribution in [0.2, 0.25) is 0 Å². The summed E-state index contributed by atoms with van der Waals surface area (Å²) in [5.41, 5.74) is 2.39. The predicted molar refractivity (Wildman–Crippen MR) is 68.1 cm³/mol. The lowest BCUT2D eigenvalue weighted by atomic mass is 10.1. The van der Waals surface area contributed by atoms with Crippen LogP contribution >= 0.6 is 0 Å². The summed E-state index contributed by atoms with van der Waals surface area (Å²) in [7, 11) is 0. The van der Waals surface area contributed by atoms with Crippen LogP contribution < -0.4 is 5.32 Å². The highest BCUT2D eigenvalue weighted by Crippen LogP contribution is 2.16. The molecule has 1 amide bonds. The monoisotopic (exact) mass is 240 g/mol. The van der Waals surface area contributed by atoms with Crippen molar-refractivity contribution in [3.8, 4) is 0 Å². The molecule has 90 valence electrons. The number of hydrogen-bond donors (Lipinski definition) is 3. The first-order valence-electron chi connectivity index (χ1n) is 5.66. The van der Waals surface area contributed by atoms with Crippen LogP contribution in [0.4, 0.5) is 0 Å². The summed E-state index contributed by atoms with van der Waals surface area (Å²) < 4.78 is 0. The van der Waals surface area contributed by atoms with Crippen molar-refractivity contribution in [1.82, 2.24) is 20.3 Å². The molecule has 2 aromatic heterocycles. The minimum absolute atomic E-state index is 0.0994. The van der Waals surface area contributed by atoms with Crippen molar-refractivity contribution in [3.63, 3.8) is 0 Å². The predicted octanol–water partition coefficient (Wildman–Crippen LogP) is 1.82. The number of amides is 1. The third-order valence-corrected chi connectivity index (χ3v) is 2.83. The van der Waals surface area contributed by atoms with Gasteiger partial charge in [0.25, 0.3) is 5.91 Å². The van der Waals surface area contributed by atoms with Gasteiger partial charge in [-0.25, -0.2) is 4.98 Å². The number of hydrogen-bond acceptors (Lipinski definition) is 2. The van der Waals surface area contributed by atoms with E-state index >= 15 is 0 Å². The van der Waals surface area contributed by atoms with Crippen molar-refractivity contribution in [2.45, 2.75) is 6.54 Å². The summed E-state index contributed by atoms with van der Waals surface area (Å²) in [5, 5.41) is 3.88. The molecular weight excluding hydrogens is 228 g/mol. The number of carbonyl (C=O) groups excluding carboxylic acids is 1. The number of benzene rings is 1. The second-order valence-electron chi connectivity index (χ2n) is 4.01. The Morgan fingerprint density at radius 2 is 2.22 bits per heavy atom. The van der Waals surface area contributed by atoms with Crippen LogP contribution in [-0.2, 0) is 6.54 Å². The largest absolute Gasteiger partial charge is 0.361 e. The van der Waals surface area contributed by atoms with E-state index in [9.17, 15) is 4.79 Å². The minimum atomic E-state index is -0.0994. The number of carbonyl (C=O) groups is 1. The van der Waals surface area contributed by atoms with Gasteiger partial charge in [-0.05, 0) is 12.1 Å². The molecule has 0 spiro atoms. The van der Waals surface area contributed by atoms with E-state index in [1.807, 2.05) is 24.4 Å². The molecule has 0 radical (unpaired) electrons. The second-order valence-corrected chi connectivity index (χ2v) is 4.01. The van der Waals surface area contributed by atoms with Gasteiger partial charge < -0.3 is 15.3 Å². The van der Waals surface area contributed by atoms with Gasteiger partial charge in [-0.2, -0.15) is 0 Å². The molecule has 0 saturated heterocycles. The van der Waals surface area contributed by atoms with Crippen molar-refractivity contribution >= 4 is 16.8 Å². The van der Waals surface area contributed by atoms with Gasteiger partial charge in [0.2, 0.25) is 0 Å². The molecule has 5 heteroatoms. The number of imidazole rings is 1. The Morgan fingerprint density at radius 1 is 1.28 bits per heavy atom. The molecule has 3 N–H and O–H groups in total. The van der Waals surface area contributed by atoms with Gasteiger partial charge in [-0.15, -0.1) is 0 Å². The van der Waals surface area contributed by atoms with E-state index in [0.717, 1.165) is 16.6 Å². The van der Waals surface area contributed by atoms with Gasteiger partial charge in [-0.1, -0.05) is 12.1 Å². The second kappa shape index (κ2) is 4.37. The Hall–Kier alpha value is -2.56. The molecule has 0 saturated carbocycles. The van der Waals surface area contributed by atoms with Crippen LogP contribution in [0.1, 0.15) is 16.1 Å². The molecule has 0 bridgehead atoms. The number of aromatic amines is 2. The molecule has 0 unspecified atom stereocenters. The molecule has 0 aliphatic carbocycles. The van der Waals surface area contributed by atoms with Gasteiger partial charge in [0.1, 0.15) is 0 Å². The number of aromatic nitrogens is 3. The van der Waals surface area contributed by atoms with Gasteiger partial charge in [0.15, 0.2) is 0 Å². The van der Waals surface area contributed by atoms with E-state index in [1.54, 1.807) is 18.6 Å². The van der Waals surface area contributed by atoms with Gasteiger partial charge in [0.05, 0.1) is 29.6 Å². The Kier molecular flexibility index (Phi) is 2.57. The normalized spacial score (nSPS) is 10.7. The van der Waals surface area contributed by atoms with Crippen molar-refractivity contribution < 1.29 is 4.79 Å². The van der Waals surface area contributed by atoms with E-state index in [4.69, 9.17) is 0 Å². The molecule has 2 heterocycles. The van der Waals surface area contributed by atoms with Crippen LogP contribution in [0.25, 0.3) is 10.9 Å². The maximum absolute atomic E-state index is 12.1. The molecule has 3 rings (SSSR count). The zero-order chi connectivity index (χ0) is 12.4. The van der Waals surface area contributed by atoms with Crippen LogP contribution in [0, 0.1) is 0 Å². The number of fused-ring (bicyclic) bond motifs is 1. The third-order valence-electron chi connectivity index (χ3n) is 2.83. The van der Waals surface area contributed by atoms with Crippen LogP contribution in [0.5, 0.6) is 0 Å². The summed E-state index contributed by atoms with van der Waals surface area (Å²) in [5.74, 6) is -0.0994. The number of rotatable bonds is 3. The molecule has 0 fully saturated rings. The highest BCUT2D eigenvalue weighted by Gasteiger charge is 2.10. The first-order valence-corrected chi connectivity index (χ1v) is 5.66. The molecule has 0 atom stereocenters. The van der Waals surface area contributed by atoms with Crippen molar-refractivity contribution in [2.75, 3.05) is 0 Å². The zero-order valence-electron chi connectivity index (χ0n) is 9.60. The molecule has 0 aliphatic rings. The summed E-state index contributed by atoms with van der Waals surface area (Å²) in [4.78, 5) is 22.0. The fourth-order valence-electron chi connectivity index (χ4n) is 1.93. The maximum Gasteiger partial charge on any atom is 0.253 e. The lowest BCUT2D eigenvalue weighted by Crippen LogP contribution is -2.23. The molecule has 3 aromatic rings. The van der Waals surface area contributed by atoms with Crippen LogP contribution in [-0.4, -0.2) is 20.9 Å². The SMILES string of the molecule is O=C(NCc1cnc[nH]1)c1cccc2cc[nH]c12. The number of nitrogens with one attached hydrogen (secondary N) is 3. The van der Waals surface area contributed by atoms with Crippen molar-refractivity contribution in [3.05, 3.63) is 54.2 Å². The lowest BCUT2D eigenvalue weighted by molar-refractivity contribution is 0.0952. The van der Waals surface area contributed by atoms with Gasteiger partial charge in [0, 0.05) is 17.8 Å². The molecular formula is C13H12N4O. The van der Waals surface area contributed by atoms with Crippen molar-refractivity contribution in [2.24, 2.45) is 0 Å². The Bertz CT molecular complexity index is 669. The Morgan fingerprint density at radius 3 is 3.06 bits per heavy atom. The summed E-state index contributed by atoms with van der Waals surface area (Å²) >= 11 is 0. The number of para-hydroxylation sites is 1. The maximum atomic E-state index is 12.1. The van der Waals surface area contributed by atoms with Gasteiger partial charge >= 0.3 is 0 Å². The first-order chi connectivity index (χ1) is 8.84. The topological polar surface area (TPSA) is 73.6 Å². The number of H-pyrrole nitrogens is 2. The summed E-state index contributed by atoms with van der Waals surface area (Å²) in [6.45, 7) is 0.440.